The number of hydrogen-bond donors (Lipinski definition) is 0. The predicted molar refractivity (Wildman–Crippen MR) is 70.6 cm³/mol. The van der Waals surface area contributed by atoms with Crippen LogP contribution in [0, 0.1) is 11.3 Å². The van der Waals surface area contributed by atoms with Crippen LogP contribution in [0.1, 0.15) is 65.2 Å². The van der Waals surface area contributed by atoms with E-state index in [9.17, 15) is 0 Å². The molecule has 1 nitrogen and oxygen atoms in total. The Morgan fingerprint density at radius 1 is 1.12 bits per heavy atom. The van der Waals surface area contributed by atoms with Crippen LogP contribution in [0.25, 0.3) is 0 Å². The van der Waals surface area contributed by atoms with Crippen LogP contribution in [0.3, 0.4) is 0 Å². The molecule has 2 saturated carbocycles. The van der Waals surface area contributed by atoms with Gasteiger partial charge in [-0.1, -0.05) is 26.7 Å². The van der Waals surface area contributed by atoms with E-state index in [0.29, 0.717) is 0 Å². The largest absolute Gasteiger partial charge is 0.304 e. The van der Waals surface area contributed by atoms with Crippen LogP contribution >= 0.6 is 0 Å². The third-order valence-electron chi connectivity index (χ3n) is 5.28. The van der Waals surface area contributed by atoms with Crippen LogP contribution in [-0.2, 0) is 0 Å². The number of rotatable bonds is 4. The van der Waals surface area contributed by atoms with Crippen LogP contribution in [0.4, 0.5) is 0 Å². The molecule has 2 aliphatic rings. The predicted octanol–water partition coefficient (Wildman–Crippen LogP) is 4.08. The second-order valence-corrected chi connectivity index (χ2v) is 6.37. The monoisotopic (exact) mass is 223 g/mol. The van der Waals surface area contributed by atoms with Crippen molar-refractivity contribution in [1.82, 2.24) is 4.90 Å². The van der Waals surface area contributed by atoms with Gasteiger partial charge in [-0.25, -0.2) is 0 Å². The van der Waals surface area contributed by atoms with E-state index < -0.39 is 0 Å². The Morgan fingerprint density at radius 3 is 2.25 bits per heavy atom. The van der Waals surface area contributed by atoms with E-state index in [-0.39, 0.29) is 0 Å². The smallest absolute Gasteiger partial charge is 0.00925 e. The minimum atomic E-state index is 0.810. The maximum absolute atomic E-state index is 2.55. The van der Waals surface area contributed by atoms with Crippen LogP contribution in [0.15, 0.2) is 0 Å². The summed E-state index contributed by atoms with van der Waals surface area (Å²) in [6.07, 6.45) is 11.9. The zero-order valence-corrected chi connectivity index (χ0v) is 11.5. The van der Waals surface area contributed by atoms with E-state index >= 15 is 0 Å². The SMILES string of the molecule is CCC[C@H]1CC2(CC[C@H](N(C)CC)CC2)C1. The normalized spacial score (nSPS) is 39.0. The van der Waals surface area contributed by atoms with Crippen molar-refractivity contribution >= 4 is 0 Å². The minimum absolute atomic E-state index is 0.810. The van der Waals surface area contributed by atoms with E-state index in [1.165, 1.54) is 45.1 Å². The lowest BCUT2D eigenvalue weighted by molar-refractivity contribution is -0.0114. The summed E-state index contributed by atoms with van der Waals surface area (Å²) in [4.78, 5) is 2.55. The molecule has 1 heteroatoms. The summed E-state index contributed by atoms with van der Waals surface area (Å²) >= 11 is 0. The van der Waals surface area contributed by atoms with E-state index in [0.717, 1.165) is 17.4 Å². The first-order valence-corrected chi connectivity index (χ1v) is 7.39. The van der Waals surface area contributed by atoms with Gasteiger partial charge in [-0.15, -0.1) is 0 Å². The van der Waals surface area contributed by atoms with E-state index in [4.69, 9.17) is 0 Å². The summed E-state index contributed by atoms with van der Waals surface area (Å²) in [5.41, 5.74) is 0.810. The topological polar surface area (TPSA) is 3.24 Å². The highest BCUT2D eigenvalue weighted by Gasteiger charge is 2.45. The Labute approximate surface area is 102 Å². The summed E-state index contributed by atoms with van der Waals surface area (Å²) in [6.45, 7) is 5.83. The molecule has 0 N–H and O–H groups in total. The van der Waals surface area contributed by atoms with Crippen molar-refractivity contribution in [2.45, 2.75) is 71.3 Å². The molecule has 0 unspecified atom stereocenters. The van der Waals surface area contributed by atoms with Crippen molar-refractivity contribution in [3.8, 4) is 0 Å². The van der Waals surface area contributed by atoms with Crippen LogP contribution < -0.4 is 0 Å². The Bertz CT molecular complexity index is 207. The van der Waals surface area contributed by atoms with Gasteiger partial charge in [0, 0.05) is 6.04 Å². The van der Waals surface area contributed by atoms with Gasteiger partial charge in [0.2, 0.25) is 0 Å². The third-order valence-corrected chi connectivity index (χ3v) is 5.28. The quantitative estimate of drug-likeness (QED) is 0.694. The average molecular weight is 223 g/mol. The standard InChI is InChI=1S/C15H29N/c1-4-6-13-11-15(12-13)9-7-14(8-10-15)16(3)5-2/h13-14H,4-12H2,1-3H3/t13-,14-,15?. The zero-order chi connectivity index (χ0) is 11.6. The maximum Gasteiger partial charge on any atom is 0.00925 e. The Kier molecular flexibility index (Phi) is 3.94. The summed E-state index contributed by atoms with van der Waals surface area (Å²) in [7, 11) is 2.29. The fourth-order valence-corrected chi connectivity index (χ4v) is 4.10. The van der Waals surface area contributed by atoms with Gasteiger partial charge in [-0.05, 0) is 63.5 Å². The molecule has 0 bridgehead atoms. The van der Waals surface area contributed by atoms with Gasteiger partial charge in [0.15, 0.2) is 0 Å². The van der Waals surface area contributed by atoms with Crippen LogP contribution in [0.5, 0.6) is 0 Å². The molecule has 0 aromatic carbocycles. The lowest BCUT2D eigenvalue weighted by atomic mass is 9.54. The molecule has 0 aliphatic heterocycles. The third kappa shape index (κ3) is 2.45. The van der Waals surface area contributed by atoms with Gasteiger partial charge in [-0.3, -0.25) is 0 Å². The van der Waals surface area contributed by atoms with Crippen molar-refractivity contribution in [1.29, 1.82) is 0 Å². The minimum Gasteiger partial charge on any atom is -0.304 e. The van der Waals surface area contributed by atoms with E-state index in [1.54, 1.807) is 12.8 Å². The molecule has 0 aromatic heterocycles. The van der Waals surface area contributed by atoms with E-state index in [2.05, 4.69) is 25.8 Å². The fraction of sp³-hybridized carbons (Fsp3) is 1.00. The highest BCUT2D eigenvalue weighted by atomic mass is 15.1. The fourth-order valence-electron chi connectivity index (χ4n) is 4.10. The molecule has 0 amide bonds. The molecule has 0 aromatic rings. The molecule has 0 saturated heterocycles. The lowest BCUT2D eigenvalue weighted by Gasteiger charge is -2.52. The first kappa shape index (κ1) is 12.4. The van der Waals surface area contributed by atoms with Gasteiger partial charge < -0.3 is 4.90 Å². The van der Waals surface area contributed by atoms with Crippen molar-refractivity contribution in [2.75, 3.05) is 13.6 Å². The van der Waals surface area contributed by atoms with E-state index in [1.807, 2.05) is 0 Å². The first-order chi connectivity index (χ1) is 7.69. The van der Waals surface area contributed by atoms with Crippen molar-refractivity contribution in [2.24, 2.45) is 11.3 Å². The van der Waals surface area contributed by atoms with Crippen molar-refractivity contribution in [3.05, 3.63) is 0 Å². The molecular weight excluding hydrogens is 194 g/mol. The van der Waals surface area contributed by atoms with Gasteiger partial charge >= 0.3 is 0 Å². The Morgan fingerprint density at radius 2 is 1.75 bits per heavy atom. The first-order valence-electron chi connectivity index (χ1n) is 7.39. The second-order valence-electron chi connectivity index (χ2n) is 6.37. The van der Waals surface area contributed by atoms with Crippen LogP contribution in [-0.4, -0.2) is 24.5 Å². The summed E-state index contributed by atoms with van der Waals surface area (Å²) in [6, 6.07) is 0.890. The molecule has 16 heavy (non-hydrogen) atoms. The molecule has 2 aliphatic carbocycles. The summed E-state index contributed by atoms with van der Waals surface area (Å²) < 4.78 is 0. The highest BCUT2D eigenvalue weighted by molar-refractivity contribution is 4.97. The molecule has 0 heterocycles. The highest BCUT2D eigenvalue weighted by Crippen LogP contribution is 2.56. The molecular formula is C15H29N. The molecule has 94 valence electrons. The molecule has 0 radical (unpaired) electrons. The maximum atomic E-state index is 2.55. The summed E-state index contributed by atoms with van der Waals surface area (Å²) in [5, 5.41) is 0. The van der Waals surface area contributed by atoms with Crippen molar-refractivity contribution in [3.63, 3.8) is 0 Å². The van der Waals surface area contributed by atoms with Gasteiger partial charge in [0.05, 0.1) is 0 Å². The molecule has 0 atom stereocenters. The number of hydrogen-bond acceptors (Lipinski definition) is 1. The van der Waals surface area contributed by atoms with Crippen molar-refractivity contribution < 1.29 is 0 Å². The van der Waals surface area contributed by atoms with Gasteiger partial charge in [0.1, 0.15) is 0 Å². The average Bonchev–Trinajstić information content (AvgIpc) is 2.27. The lowest BCUT2D eigenvalue weighted by Crippen LogP contribution is -2.44. The zero-order valence-electron chi connectivity index (χ0n) is 11.5. The second kappa shape index (κ2) is 5.08. The molecule has 2 rings (SSSR count). The number of nitrogens with zero attached hydrogens (tertiary/aromatic N) is 1. The Hall–Kier alpha value is -0.0400. The summed E-state index contributed by atoms with van der Waals surface area (Å²) in [5.74, 6) is 1.09. The van der Waals surface area contributed by atoms with Gasteiger partial charge in [0.25, 0.3) is 0 Å². The van der Waals surface area contributed by atoms with Gasteiger partial charge in [-0.2, -0.15) is 0 Å². The Balaban J connectivity index is 1.74. The molecule has 1 spiro atoms. The molecule has 2 fully saturated rings. The van der Waals surface area contributed by atoms with Crippen LogP contribution in [0.2, 0.25) is 0 Å².